The number of halogens is 1. The molecule has 10 nitrogen and oxygen atoms in total. The van der Waals surface area contributed by atoms with Crippen LogP contribution in [0.3, 0.4) is 0 Å². The van der Waals surface area contributed by atoms with Gasteiger partial charge >= 0.3 is 47.6 Å². The van der Waals surface area contributed by atoms with Crippen LogP contribution in [0.4, 0.5) is 4.79 Å². The van der Waals surface area contributed by atoms with Crippen LogP contribution in [0.1, 0.15) is 25.5 Å². The summed E-state index contributed by atoms with van der Waals surface area (Å²) in [7, 11) is 2.56. The van der Waals surface area contributed by atoms with Gasteiger partial charge in [-0.3, -0.25) is 0 Å². The molecule has 0 aromatic heterocycles. The first-order valence-electron chi connectivity index (χ1n) is 10.7. The second-order valence-corrected chi connectivity index (χ2v) is 6.70. The molecule has 1 unspecified atom stereocenters. The van der Waals surface area contributed by atoms with Crippen molar-refractivity contribution in [2.45, 2.75) is 19.1 Å². The Hall–Kier alpha value is -2.73. The van der Waals surface area contributed by atoms with Crippen LogP contribution in [-0.2, 0) is 28.6 Å². The van der Waals surface area contributed by atoms with Crippen molar-refractivity contribution in [1.29, 1.82) is 0 Å². The largest absolute Gasteiger partial charge is 1.00 e. The maximum atomic E-state index is 11.3. The van der Waals surface area contributed by atoms with E-state index in [1.807, 2.05) is 36.4 Å². The summed E-state index contributed by atoms with van der Waals surface area (Å²) in [5.74, 6) is -1.07. The maximum Gasteiger partial charge on any atom is 1.00 e. The number of carbonyl (C=O) groups is 4. The second kappa shape index (κ2) is 23.7. The fourth-order valence-electron chi connectivity index (χ4n) is 2.46. The number of aldehydes is 1. The Labute approximate surface area is 245 Å². The molecule has 37 heavy (non-hydrogen) atoms. The van der Waals surface area contributed by atoms with Crippen LogP contribution < -0.4 is 39.7 Å². The van der Waals surface area contributed by atoms with Crippen molar-refractivity contribution < 1.29 is 69.5 Å². The van der Waals surface area contributed by atoms with Crippen LogP contribution in [-0.4, -0.2) is 62.9 Å². The van der Waals surface area contributed by atoms with Crippen LogP contribution >= 0.6 is 11.8 Å². The van der Waals surface area contributed by atoms with Crippen molar-refractivity contribution in [3.05, 3.63) is 77.9 Å². The first-order valence-corrected chi connectivity index (χ1v) is 11.0. The molecule has 2 aromatic carbocycles. The zero-order valence-corrected chi connectivity index (χ0v) is 24.0. The summed E-state index contributed by atoms with van der Waals surface area (Å²) < 4.78 is 13.2. The maximum absolute atomic E-state index is 11.3. The van der Waals surface area contributed by atoms with Gasteiger partial charge in [-0.25, -0.2) is 19.2 Å². The molecule has 2 aromatic rings. The van der Waals surface area contributed by atoms with Gasteiger partial charge in [-0.1, -0.05) is 60.7 Å². The molecule has 198 valence electrons. The van der Waals surface area contributed by atoms with E-state index in [1.165, 1.54) is 20.3 Å². The van der Waals surface area contributed by atoms with Gasteiger partial charge in [-0.15, -0.1) is 0 Å². The number of amides is 1. The van der Waals surface area contributed by atoms with E-state index in [4.69, 9.17) is 11.8 Å². The number of ether oxygens (including phenoxy) is 3. The summed E-state index contributed by atoms with van der Waals surface area (Å²) in [4.78, 5) is 44.0. The molecule has 0 bridgehead atoms. The summed E-state index contributed by atoms with van der Waals surface area (Å²) in [6.07, 6.45) is 1.83. The molecule has 0 radical (unpaired) electrons. The fourth-order valence-corrected chi connectivity index (χ4v) is 2.51. The van der Waals surface area contributed by atoms with Gasteiger partial charge in [-0.05, 0) is 24.1 Å². The number of nitrogens with one attached hydrogen (secondary N) is 2. The van der Waals surface area contributed by atoms with Crippen molar-refractivity contribution >= 4 is 42.2 Å². The Bertz CT molecular complexity index is 939. The van der Waals surface area contributed by atoms with E-state index in [9.17, 15) is 24.3 Å². The van der Waals surface area contributed by atoms with E-state index in [1.54, 1.807) is 42.1 Å². The van der Waals surface area contributed by atoms with E-state index >= 15 is 0 Å². The van der Waals surface area contributed by atoms with Crippen molar-refractivity contribution in [3.8, 4) is 0 Å². The van der Waals surface area contributed by atoms with E-state index < -0.39 is 24.2 Å². The minimum absolute atomic E-state index is 0. The molecule has 12 heteroatoms. The first kappa shape index (κ1) is 36.4. The number of benzene rings is 2. The number of hydrogen-bond acceptors (Lipinski definition) is 9. The zero-order chi connectivity index (χ0) is 27.2. The van der Waals surface area contributed by atoms with Gasteiger partial charge < -0.3 is 30.9 Å². The molecular weight excluding hydrogens is 515 g/mol. The topological polar surface area (TPSA) is 140 Å². The van der Waals surface area contributed by atoms with Crippen LogP contribution in [0.2, 0.25) is 0 Å². The molecule has 0 heterocycles. The average Bonchev–Trinajstić information content (AvgIpc) is 2.93. The van der Waals surface area contributed by atoms with Crippen molar-refractivity contribution in [3.63, 3.8) is 0 Å². The normalized spacial score (nSPS) is 11.1. The monoisotopic (exact) mass is 546 g/mol. The molecule has 2 rings (SSSR count). The third-order valence-corrected chi connectivity index (χ3v) is 4.26. The van der Waals surface area contributed by atoms with Crippen molar-refractivity contribution in [2.75, 3.05) is 27.4 Å². The van der Waals surface area contributed by atoms with Crippen LogP contribution in [0.5, 0.6) is 0 Å². The summed E-state index contributed by atoms with van der Waals surface area (Å²) in [6.45, 7) is 2.10. The van der Waals surface area contributed by atoms with E-state index in [0.29, 0.717) is 18.5 Å². The number of aliphatic hydroxyl groups is 1. The number of methoxy groups -OCH3 is 2. The summed E-state index contributed by atoms with van der Waals surface area (Å²) in [6, 6.07) is 17.8. The van der Waals surface area contributed by atoms with Crippen LogP contribution in [0, 0.1) is 0 Å². The smallest absolute Gasteiger partial charge is 1.00 e. The number of esters is 2. The Morgan fingerprint density at radius 2 is 1.59 bits per heavy atom. The predicted molar refractivity (Wildman–Crippen MR) is 136 cm³/mol. The molecule has 3 N–H and O–H groups in total. The molecule has 1 amide bonds. The molecule has 0 spiro atoms. The fraction of sp³-hybridized carbons (Fsp3) is 0.280. The number of hydrogen-bond donors (Lipinski definition) is 3. The predicted octanol–water partition coefficient (Wildman–Crippen LogP) is -0.0743. The van der Waals surface area contributed by atoms with Crippen molar-refractivity contribution in [2.24, 2.45) is 0 Å². The van der Waals surface area contributed by atoms with Gasteiger partial charge in [0.1, 0.15) is 6.29 Å². The molecule has 0 fully saturated rings. The zero-order valence-electron chi connectivity index (χ0n) is 22.3. The Kier molecular flexibility index (Phi) is 23.3. The summed E-state index contributed by atoms with van der Waals surface area (Å²) in [5.41, 5.74) is 1.70. The molecule has 0 aliphatic heterocycles. The minimum Gasteiger partial charge on any atom is -1.00 e. The SMILES string of the molecule is CCOC(=O)NCl.COC(=O)/C=C/c1ccccc1.COC(=O)[C@H](O)C(NCC=O)c1ccccc1.[H-].[Na+]. The summed E-state index contributed by atoms with van der Waals surface area (Å²) in [5, 5.41) is 12.6. The Balaban J connectivity index is -0.000000513. The average molecular weight is 547 g/mol. The summed E-state index contributed by atoms with van der Waals surface area (Å²) >= 11 is 4.81. The van der Waals surface area contributed by atoms with Gasteiger partial charge in [-0.2, -0.15) is 0 Å². The molecule has 0 saturated heterocycles. The molecule has 0 aliphatic rings. The van der Waals surface area contributed by atoms with Gasteiger partial charge in [0.2, 0.25) is 0 Å². The van der Waals surface area contributed by atoms with Crippen molar-refractivity contribution in [1.82, 2.24) is 10.2 Å². The molecule has 0 saturated carbocycles. The standard InChI is InChI=1S/C12H15NO4.C10H10O2.C3H6ClNO2.Na.H/c1-17-12(16)11(15)10(13-7-8-14)9-5-3-2-4-6-9;1-12-10(11)8-7-9-5-3-2-4-6-9;1-2-7-3(6)5-4;;/h2-6,8,10-11,13,15H,7H2,1H3;2-8H,1H3;2H2,1H3,(H,5,6);;/q;;;+1;-1/b;8-7+;;;/t10?,11-;;;;/m1..../s1. The van der Waals surface area contributed by atoms with Gasteiger partial charge in [0.15, 0.2) is 6.10 Å². The second-order valence-electron chi connectivity index (χ2n) is 6.51. The van der Waals surface area contributed by atoms with E-state index in [-0.39, 0.29) is 43.5 Å². The minimum atomic E-state index is -1.35. The van der Waals surface area contributed by atoms with Gasteiger partial charge in [0.05, 0.1) is 33.4 Å². The van der Waals surface area contributed by atoms with E-state index in [0.717, 1.165) is 5.56 Å². The third kappa shape index (κ3) is 17.4. The number of carbonyl (C=O) groups excluding carboxylic acids is 4. The van der Waals surface area contributed by atoms with Gasteiger partial charge in [0, 0.05) is 17.9 Å². The molecule has 2 atom stereocenters. The Morgan fingerprint density at radius 3 is 2.03 bits per heavy atom. The van der Waals surface area contributed by atoms with Crippen LogP contribution in [0.25, 0.3) is 6.08 Å². The molecule has 0 aliphatic carbocycles. The quantitative estimate of drug-likeness (QED) is 0.0984. The molecular formula is C25H32ClN2NaO8. The van der Waals surface area contributed by atoms with E-state index in [2.05, 4.69) is 19.5 Å². The number of aliphatic hydroxyl groups excluding tert-OH is 1. The number of rotatable bonds is 9. The third-order valence-electron chi connectivity index (χ3n) is 4.10. The first-order chi connectivity index (χ1) is 17.3. The van der Waals surface area contributed by atoms with Gasteiger partial charge in [0.25, 0.3) is 0 Å². The van der Waals surface area contributed by atoms with Crippen LogP contribution in [0.15, 0.2) is 66.7 Å². The Morgan fingerprint density at radius 1 is 1.03 bits per heavy atom.